The van der Waals surface area contributed by atoms with Gasteiger partial charge >= 0.3 is 6.03 Å². The minimum atomic E-state index is -0.346. The van der Waals surface area contributed by atoms with Gasteiger partial charge < -0.3 is 25.2 Å². The fourth-order valence-corrected chi connectivity index (χ4v) is 3.54. The molecule has 0 unspecified atom stereocenters. The molecule has 0 aliphatic carbocycles. The lowest BCUT2D eigenvalue weighted by molar-refractivity contribution is 0.262. The van der Waals surface area contributed by atoms with Gasteiger partial charge in [-0.2, -0.15) is 0 Å². The van der Waals surface area contributed by atoms with Gasteiger partial charge in [-0.05, 0) is 42.8 Å². The van der Waals surface area contributed by atoms with E-state index in [-0.39, 0.29) is 6.03 Å². The third-order valence-corrected chi connectivity index (χ3v) is 5.26. The number of urea groups is 1. The second kappa shape index (κ2) is 9.34. The number of methoxy groups -OCH3 is 1. The SMILES string of the molecule is COc1ccc(NC(=O)Nc2cnc(N3CCN(c4ccccc4)CC3)nc2)c(C)c1. The summed E-state index contributed by atoms with van der Waals surface area (Å²) in [5, 5.41) is 5.60. The summed E-state index contributed by atoms with van der Waals surface area (Å²) in [7, 11) is 1.61. The molecule has 8 nitrogen and oxygen atoms in total. The van der Waals surface area contributed by atoms with Crippen molar-refractivity contribution in [2.24, 2.45) is 0 Å². The van der Waals surface area contributed by atoms with Crippen LogP contribution in [0.4, 0.5) is 27.8 Å². The van der Waals surface area contributed by atoms with Gasteiger partial charge in [-0.15, -0.1) is 0 Å². The van der Waals surface area contributed by atoms with Crippen LogP contribution in [0.3, 0.4) is 0 Å². The predicted molar refractivity (Wildman–Crippen MR) is 123 cm³/mol. The molecule has 1 saturated heterocycles. The first-order valence-electron chi connectivity index (χ1n) is 10.2. The molecule has 8 heteroatoms. The summed E-state index contributed by atoms with van der Waals surface area (Å²) < 4.78 is 5.19. The topological polar surface area (TPSA) is 82.6 Å². The average Bonchev–Trinajstić information content (AvgIpc) is 2.81. The van der Waals surface area contributed by atoms with Crippen LogP contribution in [-0.2, 0) is 0 Å². The van der Waals surface area contributed by atoms with Crippen LogP contribution in [0, 0.1) is 6.92 Å². The fourth-order valence-electron chi connectivity index (χ4n) is 3.54. The number of rotatable bonds is 5. The van der Waals surface area contributed by atoms with Crippen LogP contribution in [-0.4, -0.2) is 49.3 Å². The first-order chi connectivity index (χ1) is 15.1. The zero-order valence-corrected chi connectivity index (χ0v) is 17.7. The van der Waals surface area contributed by atoms with E-state index in [1.807, 2.05) is 25.1 Å². The molecule has 0 radical (unpaired) electrons. The van der Waals surface area contributed by atoms with Crippen molar-refractivity contribution >= 4 is 29.0 Å². The number of aromatic nitrogens is 2. The van der Waals surface area contributed by atoms with Gasteiger partial charge in [0.2, 0.25) is 5.95 Å². The standard InChI is InChI=1S/C23H26N6O2/c1-17-14-20(31-2)8-9-21(17)27-23(30)26-18-15-24-22(25-16-18)29-12-10-28(11-13-29)19-6-4-3-5-7-19/h3-9,14-16H,10-13H2,1-2H3,(H2,26,27,30). The Bertz CT molecular complexity index is 1020. The average molecular weight is 419 g/mol. The summed E-state index contributed by atoms with van der Waals surface area (Å²) in [6.45, 7) is 5.43. The number of hydrogen-bond donors (Lipinski definition) is 2. The van der Waals surface area contributed by atoms with Crippen molar-refractivity contribution in [2.45, 2.75) is 6.92 Å². The van der Waals surface area contributed by atoms with Crippen LogP contribution >= 0.6 is 0 Å². The second-order valence-electron chi connectivity index (χ2n) is 7.34. The zero-order chi connectivity index (χ0) is 21.6. The van der Waals surface area contributed by atoms with Gasteiger partial charge in [-0.1, -0.05) is 18.2 Å². The zero-order valence-electron chi connectivity index (χ0n) is 17.7. The van der Waals surface area contributed by atoms with Gasteiger partial charge in [0.15, 0.2) is 0 Å². The van der Waals surface area contributed by atoms with E-state index in [9.17, 15) is 4.79 Å². The number of para-hydroxylation sites is 1. The van der Waals surface area contributed by atoms with E-state index >= 15 is 0 Å². The molecule has 1 fully saturated rings. The molecule has 160 valence electrons. The highest BCUT2D eigenvalue weighted by Crippen LogP contribution is 2.22. The van der Waals surface area contributed by atoms with E-state index in [0.717, 1.165) is 37.5 Å². The van der Waals surface area contributed by atoms with E-state index < -0.39 is 0 Å². The Hall–Kier alpha value is -3.81. The number of nitrogens with zero attached hydrogens (tertiary/aromatic N) is 4. The highest BCUT2D eigenvalue weighted by Gasteiger charge is 2.19. The van der Waals surface area contributed by atoms with Gasteiger partial charge in [-0.3, -0.25) is 0 Å². The number of amides is 2. The molecule has 3 aromatic rings. The quantitative estimate of drug-likeness (QED) is 0.656. The van der Waals surface area contributed by atoms with E-state index in [1.165, 1.54) is 5.69 Å². The highest BCUT2D eigenvalue weighted by atomic mass is 16.5. The number of aryl methyl sites for hydroxylation is 1. The molecule has 1 aliphatic heterocycles. The maximum absolute atomic E-state index is 12.3. The molecule has 2 heterocycles. The fraction of sp³-hybridized carbons (Fsp3) is 0.261. The molecule has 2 amide bonds. The Morgan fingerprint density at radius 3 is 2.26 bits per heavy atom. The van der Waals surface area contributed by atoms with Crippen molar-refractivity contribution in [2.75, 3.05) is 53.7 Å². The first-order valence-corrected chi connectivity index (χ1v) is 10.2. The monoisotopic (exact) mass is 418 g/mol. The largest absolute Gasteiger partial charge is 0.497 e. The molecular weight excluding hydrogens is 392 g/mol. The lowest BCUT2D eigenvalue weighted by Gasteiger charge is -2.36. The van der Waals surface area contributed by atoms with Gasteiger partial charge in [0.1, 0.15) is 5.75 Å². The van der Waals surface area contributed by atoms with Crippen LogP contribution in [0.2, 0.25) is 0 Å². The Labute approximate surface area is 181 Å². The molecule has 1 aromatic heterocycles. The number of piperazine rings is 1. The summed E-state index contributed by atoms with van der Waals surface area (Å²) in [4.78, 5) is 25.7. The number of carbonyl (C=O) groups is 1. The van der Waals surface area contributed by atoms with Gasteiger partial charge in [-0.25, -0.2) is 14.8 Å². The van der Waals surface area contributed by atoms with Crippen molar-refractivity contribution < 1.29 is 9.53 Å². The molecule has 0 spiro atoms. The van der Waals surface area contributed by atoms with Crippen molar-refractivity contribution in [1.82, 2.24) is 9.97 Å². The molecule has 0 bridgehead atoms. The van der Waals surface area contributed by atoms with Crippen molar-refractivity contribution in [3.8, 4) is 5.75 Å². The van der Waals surface area contributed by atoms with Crippen LogP contribution in [0.5, 0.6) is 5.75 Å². The molecular formula is C23H26N6O2. The lowest BCUT2D eigenvalue weighted by atomic mass is 10.2. The number of benzene rings is 2. The van der Waals surface area contributed by atoms with Gasteiger partial charge in [0.25, 0.3) is 0 Å². The van der Waals surface area contributed by atoms with Gasteiger partial charge in [0.05, 0.1) is 25.2 Å². The number of ether oxygens (including phenoxy) is 1. The Morgan fingerprint density at radius 1 is 0.935 bits per heavy atom. The Kier molecular flexibility index (Phi) is 6.16. The van der Waals surface area contributed by atoms with Crippen LogP contribution in [0.1, 0.15) is 5.56 Å². The molecule has 2 aromatic carbocycles. The molecule has 31 heavy (non-hydrogen) atoms. The van der Waals surface area contributed by atoms with E-state index in [0.29, 0.717) is 17.3 Å². The Balaban J connectivity index is 1.31. The van der Waals surface area contributed by atoms with Crippen molar-refractivity contribution in [1.29, 1.82) is 0 Å². The summed E-state index contributed by atoms with van der Waals surface area (Å²) in [6.07, 6.45) is 3.26. The van der Waals surface area contributed by atoms with Crippen LogP contribution < -0.4 is 25.2 Å². The van der Waals surface area contributed by atoms with E-state index in [1.54, 1.807) is 25.6 Å². The highest BCUT2D eigenvalue weighted by molar-refractivity contribution is 6.00. The summed E-state index contributed by atoms with van der Waals surface area (Å²) in [5.41, 5.74) is 3.40. The summed E-state index contributed by atoms with van der Waals surface area (Å²) >= 11 is 0. The minimum Gasteiger partial charge on any atom is -0.497 e. The maximum atomic E-state index is 12.3. The number of hydrogen-bond acceptors (Lipinski definition) is 6. The number of nitrogens with one attached hydrogen (secondary N) is 2. The van der Waals surface area contributed by atoms with Crippen LogP contribution in [0.25, 0.3) is 0 Å². The van der Waals surface area contributed by atoms with E-state index in [4.69, 9.17) is 4.74 Å². The normalized spacial score (nSPS) is 13.6. The number of carbonyl (C=O) groups excluding carboxylic acids is 1. The minimum absolute atomic E-state index is 0.346. The molecule has 0 saturated carbocycles. The lowest BCUT2D eigenvalue weighted by Crippen LogP contribution is -2.47. The molecule has 0 atom stereocenters. The maximum Gasteiger partial charge on any atom is 0.323 e. The molecule has 2 N–H and O–H groups in total. The predicted octanol–water partition coefficient (Wildman–Crippen LogP) is 3.76. The molecule has 4 rings (SSSR count). The number of anilines is 4. The van der Waals surface area contributed by atoms with Crippen molar-refractivity contribution in [3.63, 3.8) is 0 Å². The molecule has 1 aliphatic rings. The van der Waals surface area contributed by atoms with Crippen LogP contribution in [0.15, 0.2) is 60.9 Å². The Morgan fingerprint density at radius 2 is 1.61 bits per heavy atom. The van der Waals surface area contributed by atoms with Gasteiger partial charge in [0, 0.05) is 37.6 Å². The second-order valence-corrected chi connectivity index (χ2v) is 7.34. The first kappa shape index (κ1) is 20.5. The van der Waals surface area contributed by atoms with E-state index in [2.05, 4.69) is 54.7 Å². The third kappa shape index (κ3) is 5.03. The van der Waals surface area contributed by atoms with Crippen molar-refractivity contribution in [3.05, 3.63) is 66.5 Å². The summed E-state index contributed by atoms with van der Waals surface area (Å²) in [6, 6.07) is 15.5. The third-order valence-electron chi connectivity index (χ3n) is 5.26. The smallest absolute Gasteiger partial charge is 0.323 e. The summed E-state index contributed by atoms with van der Waals surface area (Å²) in [5.74, 6) is 1.42.